The molecular weight excluding hydrogens is 200 g/mol. The summed E-state index contributed by atoms with van der Waals surface area (Å²) in [5.41, 5.74) is 0.116. The first-order valence-corrected chi connectivity index (χ1v) is 6.20. The Bertz CT molecular complexity index is 182. The summed E-state index contributed by atoms with van der Waals surface area (Å²) in [4.78, 5) is 0. The number of rotatable bonds is 8. The zero-order valence-corrected chi connectivity index (χ0v) is 11.6. The van der Waals surface area contributed by atoms with Crippen LogP contribution in [0.4, 0.5) is 0 Å². The van der Waals surface area contributed by atoms with Crippen LogP contribution in [0, 0.1) is 11.3 Å². The molecule has 0 aliphatic heterocycles. The zero-order valence-electron chi connectivity index (χ0n) is 11.6. The van der Waals surface area contributed by atoms with Gasteiger partial charge in [0.05, 0.1) is 6.10 Å². The molecule has 0 amide bonds. The first kappa shape index (κ1) is 15.7. The molecule has 0 aliphatic rings. The average molecular weight is 228 g/mol. The van der Waals surface area contributed by atoms with E-state index in [2.05, 4.69) is 34.3 Å². The Labute approximate surface area is 101 Å². The van der Waals surface area contributed by atoms with Gasteiger partial charge in [-0.3, -0.25) is 0 Å². The summed E-state index contributed by atoms with van der Waals surface area (Å²) in [7, 11) is 1.66. The molecular formula is C14H28O2. The second-order valence-electron chi connectivity index (χ2n) is 5.40. The van der Waals surface area contributed by atoms with Crippen LogP contribution in [0.1, 0.15) is 47.0 Å². The molecule has 0 unspecified atom stereocenters. The SMILES string of the molecule is C=C[C@@H](CCCC)[C@@H](OCOC)C(C)(C)C. The van der Waals surface area contributed by atoms with Gasteiger partial charge in [-0.05, 0) is 11.8 Å². The molecule has 0 aromatic carbocycles. The van der Waals surface area contributed by atoms with Gasteiger partial charge in [-0.1, -0.05) is 46.6 Å². The second kappa shape index (κ2) is 7.86. The maximum atomic E-state index is 5.81. The Kier molecular flexibility index (Phi) is 7.69. The van der Waals surface area contributed by atoms with Crippen LogP contribution in [0.2, 0.25) is 0 Å². The Hall–Kier alpha value is -0.340. The molecule has 0 aromatic rings. The van der Waals surface area contributed by atoms with Crippen LogP contribution in [0.15, 0.2) is 12.7 Å². The molecule has 2 nitrogen and oxygen atoms in total. The minimum absolute atomic E-state index is 0.116. The lowest BCUT2D eigenvalue weighted by atomic mass is 9.79. The van der Waals surface area contributed by atoms with Crippen LogP contribution in [-0.4, -0.2) is 20.0 Å². The lowest BCUT2D eigenvalue weighted by Gasteiger charge is -2.35. The summed E-state index contributed by atoms with van der Waals surface area (Å²) in [5, 5.41) is 0. The summed E-state index contributed by atoms with van der Waals surface area (Å²) in [6.07, 6.45) is 5.79. The van der Waals surface area contributed by atoms with Crippen molar-refractivity contribution in [2.75, 3.05) is 13.9 Å². The lowest BCUT2D eigenvalue weighted by Crippen LogP contribution is -2.36. The van der Waals surface area contributed by atoms with Crippen molar-refractivity contribution in [3.05, 3.63) is 12.7 Å². The highest BCUT2D eigenvalue weighted by Crippen LogP contribution is 2.31. The van der Waals surface area contributed by atoms with Crippen molar-refractivity contribution >= 4 is 0 Å². The highest BCUT2D eigenvalue weighted by atomic mass is 16.7. The van der Waals surface area contributed by atoms with Crippen molar-refractivity contribution in [1.82, 2.24) is 0 Å². The van der Waals surface area contributed by atoms with Gasteiger partial charge in [0.25, 0.3) is 0 Å². The van der Waals surface area contributed by atoms with Crippen LogP contribution < -0.4 is 0 Å². The number of ether oxygens (including phenoxy) is 2. The van der Waals surface area contributed by atoms with E-state index in [-0.39, 0.29) is 11.5 Å². The molecule has 0 fully saturated rings. The lowest BCUT2D eigenvalue weighted by molar-refractivity contribution is -0.123. The number of unbranched alkanes of at least 4 members (excludes halogenated alkanes) is 1. The van der Waals surface area contributed by atoms with Crippen LogP contribution >= 0.6 is 0 Å². The van der Waals surface area contributed by atoms with Crippen LogP contribution in [-0.2, 0) is 9.47 Å². The molecule has 0 saturated heterocycles. The summed E-state index contributed by atoms with van der Waals surface area (Å²) in [6, 6.07) is 0. The van der Waals surface area contributed by atoms with E-state index < -0.39 is 0 Å². The van der Waals surface area contributed by atoms with Crippen molar-refractivity contribution in [2.24, 2.45) is 11.3 Å². The van der Waals surface area contributed by atoms with Gasteiger partial charge in [-0.25, -0.2) is 0 Å². The largest absolute Gasteiger partial charge is 0.359 e. The predicted octanol–water partition coefficient (Wildman–Crippen LogP) is 4.01. The van der Waals surface area contributed by atoms with E-state index >= 15 is 0 Å². The quantitative estimate of drug-likeness (QED) is 0.461. The van der Waals surface area contributed by atoms with E-state index in [9.17, 15) is 0 Å². The summed E-state index contributed by atoms with van der Waals surface area (Å²) in [6.45, 7) is 13.1. The second-order valence-corrected chi connectivity index (χ2v) is 5.40. The molecule has 0 radical (unpaired) electrons. The predicted molar refractivity (Wildman–Crippen MR) is 69.4 cm³/mol. The van der Waals surface area contributed by atoms with Crippen molar-refractivity contribution < 1.29 is 9.47 Å². The van der Waals surface area contributed by atoms with Gasteiger partial charge in [0.15, 0.2) is 0 Å². The third-order valence-electron chi connectivity index (χ3n) is 2.80. The fourth-order valence-electron chi connectivity index (χ4n) is 1.99. The summed E-state index contributed by atoms with van der Waals surface area (Å²) < 4.78 is 10.8. The fourth-order valence-corrected chi connectivity index (χ4v) is 1.99. The summed E-state index contributed by atoms with van der Waals surface area (Å²) >= 11 is 0. The molecule has 2 heteroatoms. The number of methoxy groups -OCH3 is 1. The maximum Gasteiger partial charge on any atom is 0.146 e. The number of hydrogen-bond acceptors (Lipinski definition) is 2. The van der Waals surface area contributed by atoms with Crippen molar-refractivity contribution in [1.29, 1.82) is 0 Å². The van der Waals surface area contributed by atoms with Crippen molar-refractivity contribution in [3.8, 4) is 0 Å². The Morgan fingerprint density at radius 3 is 2.31 bits per heavy atom. The van der Waals surface area contributed by atoms with Gasteiger partial charge in [0.2, 0.25) is 0 Å². The Morgan fingerprint density at radius 1 is 1.31 bits per heavy atom. The fraction of sp³-hybridized carbons (Fsp3) is 0.857. The smallest absolute Gasteiger partial charge is 0.146 e. The third-order valence-corrected chi connectivity index (χ3v) is 2.80. The van der Waals surface area contributed by atoms with E-state index in [4.69, 9.17) is 9.47 Å². The van der Waals surface area contributed by atoms with Gasteiger partial charge >= 0.3 is 0 Å². The maximum absolute atomic E-state index is 5.81. The molecule has 0 aromatic heterocycles. The van der Waals surface area contributed by atoms with Crippen molar-refractivity contribution in [3.63, 3.8) is 0 Å². The molecule has 0 aliphatic carbocycles. The topological polar surface area (TPSA) is 18.5 Å². The average Bonchev–Trinajstić information content (AvgIpc) is 2.21. The highest BCUT2D eigenvalue weighted by molar-refractivity contribution is 4.91. The molecule has 0 spiro atoms. The molecule has 0 heterocycles. The van der Waals surface area contributed by atoms with Crippen LogP contribution in [0.5, 0.6) is 0 Å². The third kappa shape index (κ3) is 5.66. The molecule has 16 heavy (non-hydrogen) atoms. The van der Waals surface area contributed by atoms with Crippen LogP contribution in [0.25, 0.3) is 0 Å². The van der Waals surface area contributed by atoms with Crippen molar-refractivity contribution in [2.45, 2.75) is 53.1 Å². The van der Waals surface area contributed by atoms with E-state index in [0.717, 1.165) is 6.42 Å². The van der Waals surface area contributed by atoms with E-state index in [1.165, 1.54) is 12.8 Å². The number of hydrogen-bond donors (Lipinski definition) is 0. The molecule has 96 valence electrons. The highest BCUT2D eigenvalue weighted by Gasteiger charge is 2.31. The standard InChI is InChI=1S/C14H28O2/c1-7-9-10-12(8-2)13(14(3,4)5)16-11-15-6/h8,12-13H,2,7,9-11H2,1,3-6H3/t12-,13+/m0/s1. The van der Waals surface area contributed by atoms with E-state index in [0.29, 0.717) is 12.7 Å². The normalized spacial score (nSPS) is 15.8. The van der Waals surface area contributed by atoms with Gasteiger partial charge in [-0.15, -0.1) is 6.58 Å². The molecule has 0 N–H and O–H groups in total. The minimum Gasteiger partial charge on any atom is -0.359 e. The van der Waals surface area contributed by atoms with E-state index in [1.807, 2.05) is 6.08 Å². The van der Waals surface area contributed by atoms with Gasteiger partial charge in [0, 0.05) is 13.0 Å². The molecule has 0 saturated carbocycles. The van der Waals surface area contributed by atoms with Gasteiger partial charge in [-0.2, -0.15) is 0 Å². The van der Waals surface area contributed by atoms with E-state index in [1.54, 1.807) is 7.11 Å². The van der Waals surface area contributed by atoms with Gasteiger partial charge in [0.1, 0.15) is 6.79 Å². The Balaban J connectivity index is 4.49. The molecule has 0 bridgehead atoms. The zero-order chi connectivity index (χ0) is 12.6. The first-order valence-electron chi connectivity index (χ1n) is 6.20. The van der Waals surface area contributed by atoms with Gasteiger partial charge < -0.3 is 9.47 Å². The molecule has 2 atom stereocenters. The first-order chi connectivity index (χ1) is 7.47. The monoisotopic (exact) mass is 228 g/mol. The molecule has 0 rings (SSSR count). The summed E-state index contributed by atoms with van der Waals surface area (Å²) in [5.74, 6) is 0.412. The Morgan fingerprint density at radius 2 is 1.94 bits per heavy atom. The van der Waals surface area contributed by atoms with Crippen LogP contribution in [0.3, 0.4) is 0 Å². The minimum atomic E-state index is 0.116.